The largest absolute Gasteiger partial charge is 0.378 e. The van der Waals surface area contributed by atoms with Gasteiger partial charge in [-0.2, -0.15) is 0 Å². The van der Waals surface area contributed by atoms with Crippen LogP contribution < -0.4 is 5.32 Å². The number of rotatable bonds is 4. The number of carbonyl (C=O) groups is 1. The first kappa shape index (κ1) is 13.3. The Bertz CT molecular complexity index is 433. The molecule has 98 valence electrons. The molecule has 18 heavy (non-hydrogen) atoms. The third-order valence-electron chi connectivity index (χ3n) is 2.92. The lowest BCUT2D eigenvalue weighted by molar-refractivity contribution is -0.116. The van der Waals surface area contributed by atoms with Crippen molar-refractivity contribution in [2.75, 3.05) is 11.9 Å². The normalized spacial score (nSPS) is 18.9. The molecule has 1 saturated heterocycles. The highest BCUT2D eigenvalue weighted by molar-refractivity contribution is 6.30. The quantitative estimate of drug-likeness (QED) is 0.912. The van der Waals surface area contributed by atoms with E-state index < -0.39 is 5.82 Å². The lowest BCUT2D eigenvalue weighted by Crippen LogP contribution is -2.15. The standard InChI is InChI=1S/C13H15ClFNO2/c14-9-3-5-12(11(15)8-9)16-13(17)6-4-10-2-1-7-18-10/h3,5,8,10H,1-2,4,6-7H2,(H,16,17). The van der Waals surface area contributed by atoms with Gasteiger partial charge in [0.2, 0.25) is 5.91 Å². The van der Waals surface area contributed by atoms with Crippen molar-refractivity contribution < 1.29 is 13.9 Å². The summed E-state index contributed by atoms with van der Waals surface area (Å²) in [7, 11) is 0. The summed E-state index contributed by atoms with van der Waals surface area (Å²) in [5, 5.41) is 2.84. The molecule has 1 aliphatic rings. The first-order chi connectivity index (χ1) is 8.65. The fraction of sp³-hybridized carbons (Fsp3) is 0.462. The van der Waals surface area contributed by atoms with E-state index in [1.807, 2.05) is 0 Å². The van der Waals surface area contributed by atoms with Gasteiger partial charge in [0.25, 0.3) is 0 Å². The minimum absolute atomic E-state index is 0.164. The van der Waals surface area contributed by atoms with Crippen LogP contribution in [0.15, 0.2) is 18.2 Å². The first-order valence-electron chi connectivity index (χ1n) is 6.01. The lowest BCUT2D eigenvalue weighted by Gasteiger charge is -2.10. The van der Waals surface area contributed by atoms with Crippen molar-refractivity contribution in [2.45, 2.75) is 31.8 Å². The fourth-order valence-corrected chi connectivity index (χ4v) is 2.13. The minimum atomic E-state index is -0.520. The molecule has 3 nitrogen and oxygen atoms in total. The van der Waals surface area contributed by atoms with Crippen LogP contribution in [0.3, 0.4) is 0 Å². The maximum Gasteiger partial charge on any atom is 0.224 e. The van der Waals surface area contributed by atoms with Crippen molar-refractivity contribution in [3.05, 3.63) is 29.0 Å². The van der Waals surface area contributed by atoms with Crippen molar-refractivity contribution in [1.82, 2.24) is 0 Å². The van der Waals surface area contributed by atoms with E-state index in [0.29, 0.717) is 17.9 Å². The molecular weight excluding hydrogens is 257 g/mol. The fourth-order valence-electron chi connectivity index (χ4n) is 1.97. The second-order valence-corrected chi connectivity index (χ2v) is 4.78. The summed E-state index contributed by atoms with van der Waals surface area (Å²) >= 11 is 5.63. The maximum absolute atomic E-state index is 13.4. The van der Waals surface area contributed by atoms with Crippen LogP contribution in [0.4, 0.5) is 10.1 Å². The Balaban J connectivity index is 1.82. The van der Waals surface area contributed by atoms with E-state index >= 15 is 0 Å². The molecule has 1 atom stereocenters. The van der Waals surface area contributed by atoms with E-state index in [1.54, 1.807) is 6.07 Å². The van der Waals surface area contributed by atoms with Crippen LogP contribution in [-0.2, 0) is 9.53 Å². The van der Waals surface area contributed by atoms with Crippen molar-refractivity contribution in [3.63, 3.8) is 0 Å². The zero-order chi connectivity index (χ0) is 13.0. The summed E-state index contributed by atoms with van der Waals surface area (Å²) in [6.07, 6.45) is 3.25. The van der Waals surface area contributed by atoms with E-state index in [4.69, 9.17) is 16.3 Å². The Morgan fingerprint density at radius 3 is 3.06 bits per heavy atom. The van der Waals surface area contributed by atoms with E-state index in [0.717, 1.165) is 19.4 Å². The van der Waals surface area contributed by atoms with Crippen LogP contribution in [-0.4, -0.2) is 18.6 Å². The van der Waals surface area contributed by atoms with Crippen molar-refractivity contribution in [3.8, 4) is 0 Å². The van der Waals surface area contributed by atoms with Crippen LogP contribution >= 0.6 is 11.6 Å². The third kappa shape index (κ3) is 3.68. The number of carbonyl (C=O) groups excluding carboxylic acids is 1. The molecule has 1 amide bonds. The Labute approximate surface area is 110 Å². The highest BCUT2D eigenvalue weighted by atomic mass is 35.5. The second-order valence-electron chi connectivity index (χ2n) is 4.35. The molecule has 0 radical (unpaired) electrons. The van der Waals surface area contributed by atoms with E-state index in [-0.39, 0.29) is 17.7 Å². The second kappa shape index (κ2) is 6.16. The summed E-state index contributed by atoms with van der Waals surface area (Å²) in [6.45, 7) is 0.776. The number of amides is 1. The molecule has 2 rings (SSSR count). The Morgan fingerprint density at radius 2 is 2.39 bits per heavy atom. The SMILES string of the molecule is O=C(CCC1CCCO1)Nc1ccc(Cl)cc1F. The van der Waals surface area contributed by atoms with Gasteiger partial charge >= 0.3 is 0 Å². The monoisotopic (exact) mass is 271 g/mol. The number of benzene rings is 1. The molecule has 1 N–H and O–H groups in total. The minimum Gasteiger partial charge on any atom is -0.378 e. The molecule has 0 bridgehead atoms. The Hall–Kier alpha value is -1.13. The Morgan fingerprint density at radius 1 is 1.56 bits per heavy atom. The summed E-state index contributed by atoms with van der Waals surface area (Å²) < 4.78 is 18.8. The van der Waals surface area contributed by atoms with Gasteiger partial charge in [-0.1, -0.05) is 11.6 Å². The molecule has 1 aliphatic heterocycles. The van der Waals surface area contributed by atoms with Gasteiger partial charge in [-0.05, 0) is 37.5 Å². The van der Waals surface area contributed by atoms with Gasteiger partial charge in [-0.3, -0.25) is 4.79 Å². The zero-order valence-corrected chi connectivity index (χ0v) is 10.7. The molecule has 0 spiro atoms. The van der Waals surface area contributed by atoms with Crippen molar-refractivity contribution in [2.24, 2.45) is 0 Å². The van der Waals surface area contributed by atoms with E-state index in [9.17, 15) is 9.18 Å². The van der Waals surface area contributed by atoms with Crippen molar-refractivity contribution >= 4 is 23.2 Å². The van der Waals surface area contributed by atoms with Crippen LogP contribution in [0.5, 0.6) is 0 Å². The number of ether oxygens (including phenoxy) is 1. The van der Waals surface area contributed by atoms with Gasteiger partial charge in [0.15, 0.2) is 0 Å². The smallest absolute Gasteiger partial charge is 0.224 e. The zero-order valence-electron chi connectivity index (χ0n) is 9.92. The van der Waals surface area contributed by atoms with Crippen LogP contribution in [0.25, 0.3) is 0 Å². The molecule has 0 aromatic heterocycles. The molecule has 1 unspecified atom stereocenters. The summed E-state index contributed by atoms with van der Waals surface area (Å²) in [4.78, 5) is 11.6. The summed E-state index contributed by atoms with van der Waals surface area (Å²) in [5.74, 6) is -0.723. The van der Waals surface area contributed by atoms with Gasteiger partial charge in [-0.25, -0.2) is 4.39 Å². The predicted molar refractivity (Wildman–Crippen MR) is 68.2 cm³/mol. The molecule has 0 aliphatic carbocycles. The van der Waals surface area contributed by atoms with Crippen LogP contribution in [0.1, 0.15) is 25.7 Å². The molecule has 1 aromatic rings. The summed E-state index contributed by atoms with van der Waals surface area (Å²) in [5.41, 5.74) is 0.164. The van der Waals surface area contributed by atoms with Crippen LogP contribution in [0, 0.1) is 5.82 Å². The van der Waals surface area contributed by atoms with Gasteiger partial charge in [0, 0.05) is 18.1 Å². The number of hydrogen-bond donors (Lipinski definition) is 1. The number of anilines is 1. The van der Waals surface area contributed by atoms with Gasteiger partial charge in [-0.15, -0.1) is 0 Å². The van der Waals surface area contributed by atoms with E-state index in [2.05, 4.69) is 5.32 Å². The third-order valence-corrected chi connectivity index (χ3v) is 3.16. The number of hydrogen-bond acceptors (Lipinski definition) is 2. The maximum atomic E-state index is 13.4. The lowest BCUT2D eigenvalue weighted by atomic mass is 10.1. The highest BCUT2D eigenvalue weighted by Crippen LogP contribution is 2.20. The average Bonchev–Trinajstić information content (AvgIpc) is 2.83. The average molecular weight is 272 g/mol. The topological polar surface area (TPSA) is 38.3 Å². The van der Waals surface area contributed by atoms with Gasteiger partial charge in [0.1, 0.15) is 5.82 Å². The highest BCUT2D eigenvalue weighted by Gasteiger charge is 2.17. The molecule has 1 heterocycles. The Kier molecular flexibility index (Phi) is 4.55. The van der Waals surface area contributed by atoms with Gasteiger partial charge in [0.05, 0.1) is 11.8 Å². The van der Waals surface area contributed by atoms with Gasteiger partial charge < -0.3 is 10.1 Å². The van der Waals surface area contributed by atoms with Crippen LogP contribution in [0.2, 0.25) is 5.02 Å². The number of halogens is 2. The summed E-state index contributed by atoms with van der Waals surface area (Å²) in [6, 6.07) is 4.18. The molecular formula is C13H15ClFNO2. The number of nitrogens with one attached hydrogen (secondary N) is 1. The molecule has 0 saturated carbocycles. The van der Waals surface area contributed by atoms with E-state index in [1.165, 1.54) is 12.1 Å². The molecule has 1 fully saturated rings. The van der Waals surface area contributed by atoms with Crippen molar-refractivity contribution in [1.29, 1.82) is 0 Å². The molecule has 1 aromatic carbocycles. The first-order valence-corrected chi connectivity index (χ1v) is 6.39. The molecule has 5 heteroatoms. The predicted octanol–water partition coefficient (Wildman–Crippen LogP) is 3.38.